The minimum absolute atomic E-state index is 0. The first kappa shape index (κ1) is 15.2. The number of aromatic nitrogens is 2. The molecule has 0 aliphatic rings. The van der Waals surface area contributed by atoms with Crippen LogP contribution in [-0.2, 0) is 6.54 Å². The Bertz CT molecular complexity index is 476. The molecule has 0 saturated carbocycles. The van der Waals surface area contributed by atoms with E-state index in [1.165, 1.54) is 17.8 Å². The molecule has 0 fully saturated rings. The summed E-state index contributed by atoms with van der Waals surface area (Å²) in [5, 5.41) is 0. The van der Waals surface area contributed by atoms with E-state index in [4.69, 9.17) is 0 Å². The number of hydrogen-bond donors (Lipinski definition) is 0. The monoisotopic (exact) mass is 356 g/mol. The molecule has 0 unspecified atom stereocenters. The van der Waals surface area contributed by atoms with E-state index < -0.39 is 0 Å². The molecule has 18 heavy (non-hydrogen) atoms. The molecule has 0 aliphatic carbocycles. The first-order valence-electron chi connectivity index (χ1n) is 6.33. The lowest BCUT2D eigenvalue weighted by Gasteiger charge is -2.06. The van der Waals surface area contributed by atoms with Gasteiger partial charge >= 0.3 is 0 Å². The number of halogens is 1. The summed E-state index contributed by atoms with van der Waals surface area (Å²) in [6.07, 6.45) is 5.53. The minimum atomic E-state index is 0. The van der Waals surface area contributed by atoms with Crippen LogP contribution < -0.4 is 28.5 Å². The molecule has 0 bridgehead atoms. The second kappa shape index (κ2) is 6.92. The number of hydrogen-bond acceptors (Lipinski definition) is 0. The van der Waals surface area contributed by atoms with Gasteiger partial charge in [0.15, 0.2) is 0 Å². The highest BCUT2D eigenvalue weighted by molar-refractivity contribution is 5.13. The third-order valence-electron chi connectivity index (χ3n) is 3.46. The standard InChI is InChI=1S/C15H21N2.HI/c1-4-13(2)17-11-10-16(14(17)3)12-15-8-6-5-7-9-15;/h5-11,13H,4,12H2,1-3H3;1H/q+1;/p-1/t13-;/m0./s1. The van der Waals surface area contributed by atoms with Crippen LogP contribution in [0.15, 0.2) is 42.7 Å². The quantitative estimate of drug-likeness (QED) is 0.543. The lowest BCUT2D eigenvalue weighted by molar-refractivity contribution is -0.694. The molecular formula is C15H21IN2. The van der Waals surface area contributed by atoms with Gasteiger partial charge in [0, 0.05) is 6.92 Å². The van der Waals surface area contributed by atoms with Crippen molar-refractivity contribution in [1.29, 1.82) is 0 Å². The van der Waals surface area contributed by atoms with Gasteiger partial charge in [0.2, 0.25) is 0 Å². The molecule has 1 heterocycles. The molecular weight excluding hydrogens is 335 g/mol. The molecule has 0 saturated heterocycles. The van der Waals surface area contributed by atoms with Gasteiger partial charge < -0.3 is 24.0 Å². The molecule has 3 heteroatoms. The lowest BCUT2D eigenvalue weighted by Crippen LogP contribution is -3.00. The van der Waals surface area contributed by atoms with Crippen LogP contribution in [0.4, 0.5) is 0 Å². The maximum Gasteiger partial charge on any atom is 0.253 e. The van der Waals surface area contributed by atoms with Crippen LogP contribution in [0.2, 0.25) is 0 Å². The Morgan fingerprint density at radius 3 is 2.50 bits per heavy atom. The highest BCUT2D eigenvalue weighted by Gasteiger charge is 2.16. The number of benzene rings is 1. The molecule has 98 valence electrons. The van der Waals surface area contributed by atoms with Crippen molar-refractivity contribution in [2.45, 2.75) is 39.8 Å². The van der Waals surface area contributed by atoms with Gasteiger partial charge in [-0.3, -0.25) is 0 Å². The molecule has 0 radical (unpaired) electrons. The average Bonchev–Trinajstić information content (AvgIpc) is 2.72. The van der Waals surface area contributed by atoms with Crippen LogP contribution in [-0.4, -0.2) is 4.57 Å². The molecule has 2 nitrogen and oxygen atoms in total. The summed E-state index contributed by atoms with van der Waals surface area (Å²) in [6.45, 7) is 7.64. The van der Waals surface area contributed by atoms with E-state index in [-0.39, 0.29) is 24.0 Å². The van der Waals surface area contributed by atoms with Crippen LogP contribution >= 0.6 is 0 Å². The van der Waals surface area contributed by atoms with Crippen molar-refractivity contribution >= 4 is 0 Å². The fraction of sp³-hybridized carbons (Fsp3) is 0.400. The van der Waals surface area contributed by atoms with Gasteiger partial charge in [-0.1, -0.05) is 37.3 Å². The fourth-order valence-electron chi connectivity index (χ4n) is 2.13. The Morgan fingerprint density at radius 2 is 1.89 bits per heavy atom. The highest BCUT2D eigenvalue weighted by atomic mass is 127. The van der Waals surface area contributed by atoms with Crippen LogP contribution in [0.3, 0.4) is 0 Å². The molecule has 0 spiro atoms. The molecule has 0 amide bonds. The topological polar surface area (TPSA) is 8.81 Å². The highest BCUT2D eigenvalue weighted by Crippen LogP contribution is 2.11. The van der Waals surface area contributed by atoms with Crippen LogP contribution in [0, 0.1) is 6.92 Å². The van der Waals surface area contributed by atoms with Crippen LogP contribution in [0.1, 0.15) is 37.7 Å². The van der Waals surface area contributed by atoms with Gasteiger partial charge in [0.1, 0.15) is 18.9 Å². The first-order valence-corrected chi connectivity index (χ1v) is 6.33. The van der Waals surface area contributed by atoms with Gasteiger partial charge in [-0.05, 0) is 18.9 Å². The van der Waals surface area contributed by atoms with Crippen molar-refractivity contribution < 1.29 is 28.5 Å². The van der Waals surface area contributed by atoms with Crippen molar-refractivity contribution in [3.05, 3.63) is 54.1 Å². The van der Waals surface area contributed by atoms with E-state index >= 15 is 0 Å². The summed E-state index contributed by atoms with van der Waals surface area (Å²) >= 11 is 0. The van der Waals surface area contributed by atoms with Gasteiger partial charge in [0.25, 0.3) is 5.82 Å². The average molecular weight is 356 g/mol. The van der Waals surface area contributed by atoms with E-state index in [1.54, 1.807) is 0 Å². The third-order valence-corrected chi connectivity index (χ3v) is 3.46. The molecule has 0 aliphatic heterocycles. The summed E-state index contributed by atoms with van der Waals surface area (Å²) in [5.41, 5.74) is 1.35. The van der Waals surface area contributed by atoms with Crippen molar-refractivity contribution in [2.75, 3.05) is 0 Å². The van der Waals surface area contributed by atoms with E-state index in [1.807, 2.05) is 0 Å². The fourth-order valence-corrected chi connectivity index (χ4v) is 2.13. The Balaban J connectivity index is 0.00000162. The summed E-state index contributed by atoms with van der Waals surface area (Å²) in [5.74, 6) is 1.32. The van der Waals surface area contributed by atoms with Crippen molar-refractivity contribution in [3.8, 4) is 0 Å². The molecule has 2 rings (SSSR count). The van der Waals surface area contributed by atoms with Crippen molar-refractivity contribution in [1.82, 2.24) is 4.57 Å². The van der Waals surface area contributed by atoms with Gasteiger partial charge in [0.05, 0.1) is 6.04 Å². The third kappa shape index (κ3) is 3.34. The Labute approximate surface area is 127 Å². The van der Waals surface area contributed by atoms with E-state index in [0.717, 1.165) is 6.54 Å². The second-order valence-corrected chi connectivity index (χ2v) is 4.62. The van der Waals surface area contributed by atoms with E-state index in [2.05, 4.69) is 72.6 Å². The Kier molecular flexibility index (Phi) is 5.85. The largest absolute Gasteiger partial charge is 1.00 e. The maximum absolute atomic E-state index is 2.35. The maximum atomic E-state index is 2.35. The zero-order valence-electron chi connectivity index (χ0n) is 11.3. The number of imidazole rings is 1. The Hall–Kier alpha value is -0.840. The van der Waals surface area contributed by atoms with Gasteiger partial charge in [-0.25, -0.2) is 9.13 Å². The molecule has 2 aromatic rings. The zero-order valence-corrected chi connectivity index (χ0v) is 13.5. The van der Waals surface area contributed by atoms with E-state index in [0.29, 0.717) is 6.04 Å². The molecule has 1 atom stereocenters. The molecule has 1 aromatic carbocycles. The van der Waals surface area contributed by atoms with Crippen molar-refractivity contribution in [3.63, 3.8) is 0 Å². The molecule has 1 aromatic heterocycles. The summed E-state index contributed by atoms with van der Waals surface area (Å²) in [6, 6.07) is 11.2. The lowest BCUT2D eigenvalue weighted by atomic mass is 10.2. The van der Waals surface area contributed by atoms with Gasteiger partial charge in [-0.15, -0.1) is 0 Å². The second-order valence-electron chi connectivity index (χ2n) is 4.62. The Morgan fingerprint density at radius 1 is 1.22 bits per heavy atom. The predicted molar refractivity (Wildman–Crippen MR) is 69.9 cm³/mol. The van der Waals surface area contributed by atoms with Crippen LogP contribution in [0.25, 0.3) is 0 Å². The predicted octanol–water partition coefficient (Wildman–Crippen LogP) is 0.107. The minimum Gasteiger partial charge on any atom is -1.00 e. The number of nitrogens with zero attached hydrogens (tertiary/aromatic N) is 2. The summed E-state index contributed by atoms with van der Waals surface area (Å²) in [4.78, 5) is 0. The smallest absolute Gasteiger partial charge is 0.253 e. The first-order chi connectivity index (χ1) is 8.22. The normalized spacial score (nSPS) is 11.9. The molecule has 0 N–H and O–H groups in total. The summed E-state index contributed by atoms with van der Waals surface area (Å²) in [7, 11) is 0. The summed E-state index contributed by atoms with van der Waals surface area (Å²) < 4.78 is 4.66. The van der Waals surface area contributed by atoms with Gasteiger partial charge in [-0.2, -0.15) is 0 Å². The van der Waals surface area contributed by atoms with Crippen molar-refractivity contribution in [2.24, 2.45) is 0 Å². The van der Waals surface area contributed by atoms with Crippen LogP contribution in [0.5, 0.6) is 0 Å². The SMILES string of the molecule is CC[C@H](C)n1cc[n+](Cc2ccccc2)c1C.[I-]. The number of rotatable bonds is 4. The van der Waals surface area contributed by atoms with E-state index in [9.17, 15) is 0 Å². The zero-order chi connectivity index (χ0) is 12.3.